The summed E-state index contributed by atoms with van der Waals surface area (Å²) in [5, 5.41) is 11.0. The maximum atomic E-state index is 11.1. The van der Waals surface area contributed by atoms with Gasteiger partial charge < -0.3 is 5.11 Å². The second kappa shape index (κ2) is 3.99. The number of hydrogen-bond acceptors (Lipinski definition) is 3. The number of rotatable bonds is 1. The number of carboxylic acid groups (broad SMARTS) is 1. The number of nitrogens with zero attached hydrogens (tertiary/aromatic N) is 1. The number of fused-ring (bicyclic) bond motifs is 2. The van der Waals surface area contributed by atoms with Gasteiger partial charge in [-0.2, -0.15) is 0 Å². The zero-order valence-electron chi connectivity index (χ0n) is 9.29. The molecule has 0 unspecified atom stereocenters. The highest BCUT2D eigenvalue weighted by Gasteiger charge is 2.10. The fourth-order valence-electron chi connectivity index (χ4n) is 1.99. The lowest BCUT2D eigenvalue weighted by molar-refractivity contribution is 0.0693. The number of para-hydroxylation sites is 1. The van der Waals surface area contributed by atoms with E-state index < -0.39 is 5.97 Å². The Balaban J connectivity index is 2.40. The first kappa shape index (κ1) is 11.0. The Morgan fingerprint density at radius 3 is 2.61 bits per heavy atom. The molecule has 88 valence electrons. The number of thiol groups is 1. The largest absolute Gasteiger partial charge is 0.478 e. The first-order valence-electron chi connectivity index (χ1n) is 5.41. The van der Waals surface area contributed by atoms with Crippen molar-refractivity contribution in [2.75, 3.05) is 0 Å². The van der Waals surface area contributed by atoms with E-state index >= 15 is 0 Å². The van der Waals surface area contributed by atoms with Crippen LogP contribution in [0.25, 0.3) is 21.8 Å². The molecule has 1 N–H and O–H groups in total. The van der Waals surface area contributed by atoms with Crippen LogP contribution < -0.4 is 0 Å². The number of benzene rings is 2. The summed E-state index contributed by atoms with van der Waals surface area (Å²) < 4.78 is 0. The quantitative estimate of drug-likeness (QED) is 0.517. The van der Waals surface area contributed by atoms with Crippen molar-refractivity contribution in [3.05, 3.63) is 48.0 Å². The minimum absolute atomic E-state index is 0.175. The van der Waals surface area contributed by atoms with Crippen LogP contribution in [0.4, 0.5) is 0 Å². The summed E-state index contributed by atoms with van der Waals surface area (Å²) >= 11 is 4.20. The number of carboxylic acids is 1. The molecule has 0 amide bonds. The first-order chi connectivity index (χ1) is 8.65. The Labute approximate surface area is 108 Å². The van der Waals surface area contributed by atoms with Gasteiger partial charge in [0.25, 0.3) is 0 Å². The van der Waals surface area contributed by atoms with Crippen molar-refractivity contribution in [3.8, 4) is 0 Å². The van der Waals surface area contributed by atoms with E-state index in [0.717, 1.165) is 16.3 Å². The van der Waals surface area contributed by atoms with Crippen LogP contribution in [-0.2, 0) is 0 Å². The second-order valence-electron chi connectivity index (χ2n) is 4.05. The Morgan fingerprint density at radius 2 is 1.83 bits per heavy atom. The molecule has 0 spiro atoms. The minimum atomic E-state index is -0.989. The van der Waals surface area contributed by atoms with E-state index in [4.69, 9.17) is 5.11 Å². The van der Waals surface area contributed by atoms with E-state index in [-0.39, 0.29) is 5.56 Å². The van der Waals surface area contributed by atoms with Crippen LogP contribution in [0.2, 0.25) is 0 Å². The minimum Gasteiger partial charge on any atom is -0.478 e. The lowest BCUT2D eigenvalue weighted by Gasteiger charge is -2.05. The van der Waals surface area contributed by atoms with E-state index in [9.17, 15) is 4.79 Å². The lowest BCUT2D eigenvalue weighted by atomic mass is 10.1. The Kier molecular flexibility index (Phi) is 2.45. The molecule has 0 saturated heterocycles. The van der Waals surface area contributed by atoms with Crippen molar-refractivity contribution in [2.24, 2.45) is 0 Å². The zero-order valence-corrected chi connectivity index (χ0v) is 10.2. The molecule has 0 saturated carbocycles. The van der Waals surface area contributed by atoms with Gasteiger partial charge in [-0.05, 0) is 24.3 Å². The van der Waals surface area contributed by atoms with Gasteiger partial charge in [0.15, 0.2) is 0 Å². The number of aromatic nitrogens is 1. The predicted octanol–water partition coefficient (Wildman–Crippen LogP) is 3.37. The summed E-state index contributed by atoms with van der Waals surface area (Å²) in [5.74, 6) is -0.989. The fourth-order valence-corrected chi connectivity index (χ4v) is 2.28. The van der Waals surface area contributed by atoms with Gasteiger partial charge in [0.05, 0.1) is 16.6 Å². The Bertz CT molecular complexity index is 783. The summed E-state index contributed by atoms with van der Waals surface area (Å²) in [4.78, 5) is 16.0. The highest BCUT2D eigenvalue weighted by Crippen LogP contribution is 2.25. The number of carbonyl (C=O) groups is 1. The van der Waals surface area contributed by atoms with Crippen molar-refractivity contribution >= 4 is 40.4 Å². The monoisotopic (exact) mass is 255 g/mol. The molecule has 0 aliphatic rings. The average molecular weight is 255 g/mol. The van der Waals surface area contributed by atoms with Crippen LogP contribution in [0, 0.1) is 0 Å². The van der Waals surface area contributed by atoms with Gasteiger partial charge in [-0.25, -0.2) is 9.78 Å². The smallest absolute Gasteiger partial charge is 0.336 e. The van der Waals surface area contributed by atoms with Crippen molar-refractivity contribution in [3.63, 3.8) is 0 Å². The van der Waals surface area contributed by atoms with Crippen molar-refractivity contribution < 1.29 is 9.90 Å². The average Bonchev–Trinajstić information content (AvgIpc) is 2.35. The molecule has 3 aromatic rings. The van der Waals surface area contributed by atoms with E-state index in [0.29, 0.717) is 10.4 Å². The predicted molar refractivity (Wildman–Crippen MR) is 73.5 cm³/mol. The van der Waals surface area contributed by atoms with Crippen molar-refractivity contribution in [1.82, 2.24) is 4.98 Å². The molecule has 4 heteroatoms. The molecule has 2 aromatic carbocycles. The molecule has 0 bridgehead atoms. The Hall–Kier alpha value is -2.07. The number of aromatic carboxylic acids is 1. The van der Waals surface area contributed by atoms with Gasteiger partial charge in [0.2, 0.25) is 0 Å². The summed E-state index contributed by atoms with van der Waals surface area (Å²) in [5.41, 5.74) is 1.70. The van der Waals surface area contributed by atoms with Gasteiger partial charge in [-0.1, -0.05) is 18.2 Å². The summed E-state index contributed by atoms with van der Waals surface area (Å²) in [6.45, 7) is 0. The topological polar surface area (TPSA) is 50.2 Å². The fraction of sp³-hybridized carbons (Fsp3) is 0. The van der Waals surface area contributed by atoms with Crippen LogP contribution in [0.3, 0.4) is 0 Å². The molecule has 0 atom stereocenters. The molecule has 18 heavy (non-hydrogen) atoms. The molecular formula is C14H9NO2S. The van der Waals surface area contributed by atoms with E-state index in [1.54, 1.807) is 12.1 Å². The Morgan fingerprint density at radius 1 is 1.06 bits per heavy atom. The van der Waals surface area contributed by atoms with Crippen LogP contribution in [0.15, 0.2) is 47.4 Å². The summed E-state index contributed by atoms with van der Waals surface area (Å²) in [7, 11) is 0. The molecule has 0 aliphatic carbocycles. The van der Waals surface area contributed by atoms with Crippen molar-refractivity contribution in [1.29, 1.82) is 0 Å². The van der Waals surface area contributed by atoms with Crippen molar-refractivity contribution in [2.45, 2.75) is 4.90 Å². The van der Waals surface area contributed by atoms with Crippen LogP contribution >= 0.6 is 12.6 Å². The molecule has 0 fully saturated rings. The van der Waals surface area contributed by atoms with Gasteiger partial charge in [0.1, 0.15) is 0 Å². The van der Waals surface area contributed by atoms with Gasteiger partial charge in [-0.3, -0.25) is 0 Å². The lowest BCUT2D eigenvalue weighted by Crippen LogP contribution is -1.98. The van der Waals surface area contributed by atoms with E-state index in [1.165, 1.54) is 0 Å². The molecule has 1 heterocycles. The van der Waals surface area contributed by atoms with Gasteiger partial charge in [-0.15, -0.1) is 12.6 Å². The molecule has 0 radical (unpaired) electrons. The third-order valence-corrected chi connectivity index (χ3v) is 3.23. The number of hydrogen-bond donors (Lipinski definition) is 2. The number of pyridine rings is 1. The third-order valence-electron chi connectivity index (χ3n) is 2.86. The SMILES string of the molecule is O=C(O)c1cc2nc3ccccc3cc2cc1S. The highest BCUT2D eigenvalue weighted by molar-refractivity contribution is 7.80. The van der Waals surface area contributed by atoms with E-state index in [1.807, 2.05) is 30.3 Å². The molecular weight excluding hydrogens is 246 g/mol. The third kappa shape index (κ3) is 1.71. The molecule has 3 nitrogen and oxygen atoms in total. The molecule has 0 aliphatic heterocycles. The normalized spacial score (nSPS) is 10.9. The van der Waals surface area contributed by atoms with Crippen LogP contribution in [-0.4, -0.2) is 16.1 Å². The van der Waals surface area contributed by atoms with Crippen LogP contribution in [0.1, 0.15) is 10.4 Å². The first-order valence-corrected chi connectivity index (χ1v) is 5.86. The van der Waals surface area contributed by atoms with E-state index in [2.05, 4.69) is 17.6 Å². The zero-order chi connectivity index (χ0) is 12.7. The maximum Gasteiger partial charge on any atom is 0.336 e. The highest BCUT2D eigenvalue weighted by atomic mass is 32.1. The summed E-state index contributed by atoms with van der Waals surface area (Å²) in [6.07, 6.45) is 0. The van der Waals surface area contributed by atoms with Gasteiger partial charge >= 0.3 is 5.97 Å². The molecule has 3 rings (SSSR count). The van der Waals surface area contributed by atoms with Crippen LogP contribution in [0.5, 0.6) is 0 Å². The summed E-state index contributed by atoms with van der Waals surface area (Å²) in [6, 6.07) is 13.0. The second-order valence-corrected chi connectivity index (χ2v) is 4.53. The standard InChI is InChI=1S/C14H9NO2S/c16-14(17)10-7-12-9(6-13(10)18)5-8-3-1-2-4-11(8)15-12/h1-7,18H,(H,16,17). The van der Waals surface area contributed by atoms with Gasteiger partial charge in [0, 0.05) is 15.7 Å². The molecule has 1 aromatic heterocycles. The maximum absolute atomic E-state index is 11.1.